The smallest absolute Gasteiger partial charge is 0.0912 e. The Kier molecular flexibility index (Phi) is 5.79. The summed E-state index contributed by atoms with van der Waals surface area (Å²) in [6.07, 6.45) is 4.81. The molecule has 26 heavy (non-hydrogen) atoms. The first-order valence-electron chi connectivity index (χ1n) is 10.3. The van der Waals surface area contributed by atoms with Gasteiger partial charge < -0.3 is 19.6 Å². The number of ether oxygens (including phenoxy) is 1. The molecule has 0 amide bonds. The summed E-state index contributed by atoms with van der Waals surface area (Å²) in [5, 5.41) is 11.0. The number of β-amino-alcohol motifs (C(OH)–C–C–N with tert-alkyl or cyclic N) is 1. The Morgan fingerprint density at radius 2 is 1.77 bits per heavy atom. The lowest BCUT2D eigenvalue weighted by Crippen LogP contribution is -2.46. The van der Waals surface area contributed by atoms with E-state index < -0.39 is 5.60 Å². The van der Waals surface area contributed by atoms with Gasteiger partial charge in [0.25, 0.3) is 0 Å². The second-order valence-corrected chi connectivity index (χ2v) is 8.29. The third kappa shape index (κ3) is 4.58. The Balaban J connectivity index is 1.33. The van der Waals surface area contributed by atoms with Gasteiger partial charge >= 0.3 is 0 Å². The zero-order valence-corrected chi connectivity index (χ0v) is 15.9. The summed E-state index contributed by atoms with van der Waals surface area (Å²) in [6.45, 7) is 9.47. The summed E-state index contributed by atoms with van der Waals surface area (Å²) < 4.78 is 5.46. The van der Waals surface area contributed by atoms with Gasteiger partial charge in [0.05, 0.1) is 18.8 Å². The van der Waals surface area contributed by atoms with Gasteiger partial charge in [-0.2, -0.15) is 0 Å². The van der Waals surface area contributed by atoms with Crippen molar-refractivity contribution in [1.29, 1.82) is 0 Å². The Labute approximate surface area is 157 Å². The van der Waals surface area contributed by atoms with Crippen LogP contribution in [0.4, 0.5) is 5.69 Å². The normalized spacial score (nSPS) is 28.6. The van der Waals surface area contributed by atoms with Gasteiger partial charge in [-0.25, -0.2) is 0 Å². The average Bonchev–Trinajstić information content (AvgIpc) is 3.03. The molecule has 4 rings (SSSR count). The van der Waals surface area contributed by atoms with E-state index in [4.69, 9.17) is 4.74 Å². The molecule has 0 aromatic heterocycles. The van der Waals surface area contributed by atoms with E-state index in [2.05, 4.69) is 39.0 Å². The third-order valence-electron chi connectivity index (χ3n) is 6.07. The van der Waals surface area contributed by atoms with Crippen molar-refractivity contribution in [3.63, 3.8) is 0 Å². The van der Waals surface area contributed by atoms with Crippen LogP contribution < -0.4 is 4.90 Å². The molecule has 3 saturated heterocycles. The van der Waals surface area contributed by atoms with Crippen LogP contribution in [0, 0.1) is 0 Å². The minimum atomic E-state index is -0.529. The number of piperidine rings is 1. The topological polar surface area (TPSA) is 39.2 Å². The molecule has 1 aromatic carbocycles. The maximum Gasteiger partial charge on any atom is 0.0912 e. The maximum absolute atomic E-state index is 11.0. The van der Waals surface area contributed by atoms with E-state index in [0.717, 1.165) is 72.0 Å². The summed E-state index contributed by atoms with van der Waals surface area (Å²) in [5.41, 5.74) is 2.11. The largest absolute Gasteiger partial charge is 0.387 e. The van der Waals surface area contributed by atoms with Crippen molar-refractivity contribution in [1.82, 2.24) is 9.80 Å². The zero-order chi connectivity index (χ0) is 17.8. The second-order valence-electron chi connectivity index (χ2n) is 8.29. The number of nitrogens with zero attached hydrogens (tertiary/aromatic N) is 3. The van der Waals surface area contributed by atoms with Crippen molar-refractivity contribution < 1.29 is 9.84 Å². The van der Waals surface area contributed by atoms with Crippen LogP contribution in [-0.2, 0) is 11.3 Å². The molecule has 0 unspecified atom stereocenters. The number of hydrogen-bond acceptors (Lipinski definition) is 5. The first-order valence-corrected chi connectivity index (χ1v) is 10.3. The quantitative estimate of drug-likeness (QED) is 0.870. The minimum absolute atomic E-state index is 0.529. The molecular weight excluding hydrogens is 326 g/mol. The van der Waals surface area contributed by atoms with Crippen LogP contribution in [0.1, 0.15) is 31.2 Å². The van der Waals surface area contributed by atoms with E-state index in [9.17, 15) is 5.11 Å². The van der Waals surface area contributed by atoms with Crippen molar-refractivity contribution in [3.8, 4) is 0 Å². The average molecular weight is 360 g/mol. The first-order chi connectivity index (χ1) is 12.7. The van der Waals surface area contributed by atoms with Gasteiger partial charge in [0.2, 0.25) is 0 Å². The number of likely N-dealkylation sites (tertiary alicyclic amines) is 2. The number of anilines is 1. The monoisotopic (exact) mass is 359 g/mol. The fraction of sp³-hybridized carbons (Fsp3) is 0.714. The molecule has 0 bridgehead atoms. The Morgan fingerprint density at radius 3 is 2.58 bits per heavy atom. The van der Waals surface area contributed by atoms with Crippen LogP contribution in [0.5, 0.6) is 0 Å². The highest BCUT2D eigenvalue weighted by Gasteiger charge is 2.37. The number of aliphatic hydroxyl groups is 1. The van der Waals surface area contributed by atoms with Crippen LogP contribution >= 0.6 is 0 Å². The molecule has 1 N–H and O–H groups in total. The van der Waals surface area contributed by atoms with Gasteiger partial charge in [-0.3, -0.25) is 4.90 Å². The van der Waals surface area contributed by atoms with Crippen molar-refractivity contribution in [2.45, 2.75) is 37.8 Å². The maximum atomic E-state index is 11.0. The Morgan fingerprint density at radius 1 is 0.962 bits per heavy atom. The fourth-order valence-electron chi connectivity index (χ4n) is 4.67. The first kappa shape index (κ1) is 18.2. The summed E-state index contributed by atoms with van der Waals surface area (Å²) in [5.74, 6) is 0. The highest BCUT2D eigenvalue weighted by Crippen LogP contribution is 2.26. The van der Waals surface area contributed by atoms with Gasteiger partial charge in [-0.1, -0.05) is 18.6 Å². The molecule has 1 aromatic rings. The molecule has 0 aliphatic carbocycles. The molecule has 3 heterocycles. The van der Waals surface area contributed by atoms with Crippen LogP contribution in [0.3, 0.4) is 0 Å². The minimum Gasteiger partial charge on any atom is -0.387 e. The summed E-state index contributed by atoms with van der Waals surface area (Å²) in [4.78, 5) is 7.29. The molecule has 144 valence electrons. The summed E-state index contributed by atoms with van der Waals surface area (Å²) in [6, 6.07) is 8.89. The molecule has 0 spiro atoms. The van der Waals surface area contributed by atoms with E-state index in [1.54, 1.807) is 0 Å². The third-order valence-corrected chi connectivity index (χ3v) is 6.07. The highest BCUT2D eigenvalue weighted by atomic mass is 16.5. The molecule has 1 atom stereocenters. The highest BCUT2D eigenvalue weighted by molar-refractivity contribution is 5.49. The molecule has 3 fully saturated rings. The van der Waals surface area contributed by atoms with Gasteiger partial charge in [0, 0.05) is 45.0 Å². The zero-order valence-electron chi connectivity index (χ0n) is 15.9. The molecule has 0 saturated carbocycles. The Hall–Kier alpha value is -1.14. The van der Waals surface area contributed by atoms with Gasteiger partial charge in [-0.15, -0.1) is 0 Å². The van der Waals surface area contributed by atoms with E-state index >= 15 is 0 Å². The van der Waals surface area contributed by atoms with Crippen LogP contribution in [0.15, 0.2) is 24.3 Å². The Bertz CT molecular complexity index is 584. The van der Waals surface area contributed by atoms with Crippen LogP contribution in [0.2, 0.25) is 0 Å². The molecule has 3 aliphatic heterocycles. The molecule has 0 radical (unpaired) electrons. The lowest BCUT2D eigenvalue weighted by molar-refractivity contribution is 0.00635. The SMILES string of the molecule is O[C@@]1(CN2CCCCC2)CCN(Cc2cccc(N3CCOCC3)c2)C1. The van der Waals surface area contributed by atoms with E-state index in [1.807, 2.05) is 0 Å². The van der Waals surface area contributed by atoms with Crippen molar-refractivity contribution >= 4 is 5.69 Å². The summed E-state index contributed by atoms with van der Waals surface area (Å²) in [7, 11) is 0. The lowest BCUT2D eigenvalue weighted by Gasteiger charge is -2.34. The van der Waals surface area contributed by atoms with E-state index in [0.29, 0.717) is 0 Å². The van der Waals surface area contributed by atoms with E-state index in [1.165, 1.54) is 30.5 Å². The second kappa shape index (κ2) is 8.26. The van der Waals surface area contributed by atoms with Gasteiger partial charge in [-0.05, 0) is 50.0 Å². The number of hydrogen-bond donors (Lipinski definition) is 1. The molecule has 3 aliphatic rings. The van der Waals surface area contributed by atoms with Crippen molar-refractivity contribution in [3.05, 3.63) is 29.8 Å². The lowest BCUT2D eigenvalue weighted by atomic mass is 10.0. The molecular formula is C21H33N3O2. The number of rotatable bonds is 5. The van der Waals surface area contributed by atoms with E-state index in [-0.39, 0.29) is 0 Å². The van der Waals surface area contributed by atoms with Crippen molar-refractivity contribution in [2.75, 3.05) is 63.9 Å². The van der Waals surface area contributed by atoms with Gasteiger partial charge in [0.1, 0.15) is 0 Å². The predicted octanol–water partition coefficient (Wildman–Crippen LogP) is 1.95. The number of benzene rings is 1. The molecule has 5 nitrogen and oxygen atoms in total. The van der Waals surface area contributed by atoms with Gasteiger partial charge in [0.15, 0.2) is 0 Å². The molecule has 5 heteroatoms. The standard InChI is InChI=1S/C21H33N3O2/c25-21(17-22-8-2-1-3-9-22)7-10-23(18-21)16-19-5-4-6-20(15-19)24-11-13-26-14-12-24/h4-6,15,25H,1-3,7-14,16-18H2/t21-/m1/s1. The summed E-state index contributed by atoms with van der Waals surface area (Å²) >= 11 is 0. The van der Waals surface area contributed by atoms with Crippen molar-refractivity contribution in [2.24, 2.45) is 0 Å². The van der Waals surface area contributed by atoms with Crippen LogP contribution in [-0.4, -0.2) is 79.5 Å². The predicted molar refractivity (Wildman–Crippen MR) is 105 cm³/mol. The number of morpholine rings is 1. The fourth-order valence-corrected chi connectivity index (χ4v) is 4.67. The van der Waals surface area contributed by atoms with Crippen LogP contribution in [0.25, 0.3) is 0 Å².